The van der Waals surface area contributed by atoms with Crippen molar-refractivity contribution >= 4 is 11.6 Å². The predicted octanol–water partition coefficient (Wildman–Crippen LogP) is 1.74. The van der Waals surface area contributed by atoms with Crippen molar-refractivity contribution in [3.05, 3.63) is 52.9 Å². The minimum atomic E-state index is -0.560. The van der Waals surface area contributed by atoms with E-state index in [1.807, 2.05) is 0 Å². The molecule has 20 heavy (non-hydrogen) atoms. The Morgan fingerprint density at radius 2 is 2.15 bits per heavy atom. The molecule has 1 amide bonds. The number of nitrogen functional groups attached to an aromatic ring is 1. The second-order valence-electron chi connectivity index (χ2n) is 4.48. The summed E-state index contributed by atoms with van der Waals surface area (Å²) in [6.45, 7) is 3.53. The molecule has 0 radical (unpaired) electrons. The summed E-state index contributed by atoms with van der Waals surface area (Å²) in [5, 5.41) is 2.61. The molecule has 1 heterocycles. The Balaban J connectivity index is 2.13. The van der Waals surface area contributed by atoms with Crippen LogP contribution >= 0.6 is 0 Å². The number of anilines is 1. The molecule has 0 fully saturated rings. The van der Waals surface area contributed by atoms with Gasteiger partial charge in [0.05, 0.1) is 17.8 Å². The zero-order chi connectivity index (χ0) is 14.7. The van der Waals surface area contributed by atoms with E-state index in [0.29, 0.717) is 22.8 Å². The van der Waals surface area contributed by atoms with Crippen molar-refractivity contribution in [2.45, 2.75) is 20.4 Å². The van der Waals surface area contributed by atoms with Crippen molar-refractivity contribution in [3.63, 3.8) is 0 Å². The molecular formula is C14H15FN4O. The highest BCUT2D eigenvalue weighted by molar-refractivity contribution is 5.95. The summed E-state index contributed by atoms with van der Waals surface area (Å²) in [5.41, 5.74) is 6.92. The van der Waals surface area contributed by atoms with Gasteiger partial charge in [0, 0.05) is 11.9 Å². The number of amides is 1. The monoisotopic (exact) mass is 274 g/mol. The Morgan fingerprint density at radius 3 is 2.85 bits per heavy atom. The van der Waals surface area contributed by atoms with E-state index in [1.165, 1.54) is 12.1 Å². The molecule has 104 valence electrons. The van der Waals surface area contributed by atoms with Crippen molar-refractivity contribution in [3.8, 4) is 0 Å². The minimum Gasteiger partial charge on any atom is -0.399 e. The third-order valence-corrected chi connectivity index (χ3v) is 2.79. The van der Waals surface area contributed by atoms with Crippen molar-refractivity contribution in [1.29, 1.82) is 0 Å². The smallest absolute Gasteiger partial charge is 0.254 e. The van der Waals surface area contributed by atoms with E-state index in [1.54, 1.807) is 26.1 Å². The number of nitrogens with one attached hydrogen (secondary N) is 1. The first-order chi connectivity index (χ1) is 9.47. The summed E-state index contributed by atoms with van der Waals surface area (Å²) in [5.74, 6) is -0.465. The number of rotatable bonds is 3. The van der Waals surface area contributed by atoms with Crippen molar-refractivity contribution in [2.75, 3.05) is 5.73 Å². The normalized spacial score (nSPS) is 10.3. The molecule has 2 aromatic rings. The maximum Gasteiger partial charge on any atom is 0.254 e. The van der Waals surface area contributed by atoms with Crippen LogP contribution in [0, 0.1) is 19.7 Å². The molecule has 1 aromatic carbocycles. The molecule has 0 spiro atoms. The third-order valence-electron chi connectivity index (χ3n) is 2.79. The summed E-state index contributed by atoms with van der Waals surface area (Å²) in [7, 11) is 0. The van der Waals surface area contributed by atoms with Crippen LogP contribution in [0.3, 0.4) is 0 Å². The number of nitrogens with zero attached hydrogens (tertiary/aromatic N) is 2. The standard InChI is InChI=1S/C14H15FN4O/c1-8-5-10(16)6-12(13(8)15)14(20)18-7-11-3-4-17-9(2)19-11/h3-6H,7,16H2,1-2H3,(H,18,20). The number of benzene rings is 1. The zero-order valence-electron chi connectivity index (χ0n) is 11.3. The Hall–Kier alpha value is -2.50. The van der Waals surface area contributed by atoms with Gasteiger partial charge in [-0.05, 0) is 37.6 Å². The number of carbonyl (C=O) groups excluding carboxylic acids is 1. The van der Waals surface area contributed by atoms with Gasteiger partial charge in [-0.3, -0.25) is 4.79 Å². The van der Waals surface area contributed by atoms with Gasteiger partial charge in [0.1, 0.15) is 11.6 Å². The number of carbonyl (C=O) groups is 1. The van der Waals surface area contributed by atoms with Gasteiger partial charge in [-0.15, -0.1) is 0 Å². The van der Waals surface area contributed by atoms with E-state index < -0.39 is 11.7 Å². The Labute approximate surface area is 116 Å². The van der Waals surface area contributed by atoms with E-state index in [2.05, 4.69) is 15.3 Å². The van der Waals surface area contributed by atoms with E-state index in [0.717, 1.165) is 0 Å². The molecule has 3 N–H and O–H groups in total. The van der Waals surface area contributed by atoms with Crippen LogP contribution in [-0.4, -0.2) is 15.9 Å². The van der Waals surface area contributed by atoms with Crippen LogP contribution in [0.5, 0.6) is 0 Å². The molecule has 0 atom stereocenters. The number of aryl methyl sites for hydroxylation is 2. The van der Waals surface area contributed by atoms with E-state index in [9.17, 15) is 9.18 Å². The molecule has 0 saturated heterocycles. The maximum absolute atomic E-state index is 13.9. The van der Waals surface area contributed by atoms with Gasteiger partial charge in [0.2, 0.25) is 0 Å². The van der Waals surface area contributed by atoms with Crippen LogP contribution in [0.1, 0.15) is 27.4 Å². The molecule has 0 unspecified atom stereocenters. The van der Waals surface area contributed by atoms with Gasteiger partial charge >= 0.3 is 0 Å². The largest absolute Gasteiger partial charge is 0.399 e. The van der Waals surface area contributed by atoms with E-state index in [-0.39, 0.29) is 12.1 Å². The summed E-state index contributed by atoms with van der Waals surface area (Å²) in [4.78, 5) is 20.1. The van der Waals surface area contributed by atoms with Crippen LogP contribution in [0.15, 0.2) is 24.4 Å². The van der Waals surface area contributed by atoms with Gasteiger partial charge in [-0.2, -0.15) is 0 Å². The molecular weight excluding hydrogens is 259 g/mol. The van der Waals surface area contributed by atoms with Gasteiger partial charge < -0.3 is 11.1 Å². The zero-order valence-corrected chi connectivity index (χ0v) is 11.3. The van der Waals surface area contributed by atoms with Gasteiger partial charge in [-0.25, -0.2) is 14.4 Å². The van der Waals surface area contributed by atoms with Crippen molar-refractivity contribution in [2.24, 2.45) is 0 Å². The highest BCUT2D eigenvalue weighted by Crippen LogP contribution is 2.17. The molecule has 2 rings (SSSR count). The van der Waals surface area contributed by atoms with Crippen LogP contribution < -0.4 is 11.1 Å². The summed E-state index contributed by atoms with van der Waals surface area (Å²) in [6.07, 6.45) is 1.61. The Bertz CT molecular complexity index is 658. The molecule has 6 heteroatoms. The number of nitrogens with two attached hydrogens (primary N) is 1. The highest BCUT2D eigenvalue weighted by Gasteiger charge is 2.14. The lowest BCUT2D eigenvalue weighted by molar-refractivity contribution is 0.0946. The number of hydrogen-bond acceptors (Lipinski definition) is 4. The average Bonchev–Trinajstić information content (AvgIpc) is 2.40. The predicted molar refractivity (Wildman–Crippen MR) is 73.5 cm³/mol. The van der Waals surface area contributed by atoms with Crippen LogP contribution in [0.2, 0.25) is 0 Å². The first-order valence-corrected chi connectivity index (χ1v) is 6.09. The Morgan fingerprint density at radius 1 is 1.40 bits per heavy atom. The summed E-state index contributed by atoms with van der Waals surface area (Å²) in [6, 6.07) is 4.50. The second kappa shape index (κ2) is 5.64. The van der Waals surface area contributed by atoms with Crippen LogP contribution in [0.4, 0.5) is 10.1 Å². The fourth-order valence-electron chi connectivity index (χ4n) is 1.83. The average molecular weight is 274 g/mol. The van der Waals surface area contributed by atoms with E-state index in [4.69, 9.17) is 5.73 Å². The molecule has 5 nitrogen and oxygen atoms in total. The van der Waals surface area contributed by atoms with Crippen LogP contribution in [0.25, 0.3) is 0 Å². The Kier molecular flexibility index (Phi) is 3.93. The maximum atomic E-state index is 13.9. The second-order valence-corrected chi connectivity index (χ2v) is 4.48. The highest BCUT2D eigenvalue weighted by atomic mass is 19.1. The summed E-state index contributed by atoms with van der Waals surface area (Å²) < 4.78 is 13.9. The molecule has 1 aromatic heterocycles. The topological polar surface area (TPSA) is 80.9 Å². The number of halogens is 1. The fraction of sp³-hybridized carbons (Fsp3) is 0.214. The van der Waals surface area contributed by atoms with Crippen LogP contribution in [-0.2, 0) is 6.54 Å². The third kappa shape index (κ3) is 3.09. The summed E-state index contributed by atoms with van der Waals surface area (Å²) >= 11 is 0. The first kappa shape index (κ1) is 13.9. The van der Waals surface area contributed by atoms with Gasteiger partial charge in [0.25, 0.3) is 5.91 Å². The number of hydrogen-bond donors (Lipinski definition) is 2. The lowest BCUT2D eigenvalue weighted by Crippen LogP contribution is -2.25. The lowest BCUT2D eigenvalue weighted by atomic mass is 10.1. The SMILES string of the molecule is Cc1nccc(CNC(=O)c2cc(N)cc(C)c2F)n1. The lowest BCUT2D eigenvalue weighted by Gasteiger charge is -2.08. The molecule has 0 saturated carbocycles. The molecule has 0 bridgehead atoms. The van der Waals surface area contributed by atoms with E-state index >= 15 is 0 Å². The van der Waals surface area contributed by atoms with Gasteiger partial charge in [0.15, 0.2) is 0 Å². The first-order valence-electron chi connectivity index (χ1n) is 6.09. The van der Waals surface area contributed by atoms with Gasteiger partial charge in [-0.1, -0.05) is 0 Å². The number of aromatic nitrogens is 2. The fourth-order valence-corrected chi connectivity index (χ4v) is 1.83. The molecule has 0 aliphatic heterocycles. The van der Waals surface area contributed by atoms with Crippen molar-refractivity contribution < 1.29 is 9.18 Å². The van der Waals surface area contributed by atoms with Crippen molar-refractivity contribution in [1.82, 2.24) is 15.3 Å². The molecule has 0 aliphatic carbocycles. The quantitative estimate of drug-likeness (QED) is 0.835. The molecule has 0 aliphatic rings. The minimum absolute atomic E-state index is 0.0618.